The lowest BCUT2D eigenvalue weighted by molar-refractivity contribution is -0.137. The predicted molar refractivity (Wildman–Crippen MR) is 125 cm³/mol. The summed E-state index contributed by atoms with van der Waals surface area (Å²) in [6.07, 6.45) is 0.567. The SMILES string of the molecule is CC(C)[C@H]1CN(C)C(=O)N1Cc1ccnc(N[C@@H](C)c2cn(-c3ccc(C(F)(F)F)cc3)cn2)n1. The van der Waals surface area contributed by atoms with Gasteiger partial charge in [-0.05, 0) is 43.2 Å². The van der Waals surface area contributed by atoms with Crippen LogP contribution < -0.4 is 5.32 Å². The van der Waals surface area contributed by atoms with E-state index in [1.807, 2.05) is 11.8 Å². The number of benzene rings is 1. The third kappa shape index (κ3) is 5.39. The van der Waals surface area contributed by atoms with E-state index in [1.165, 1.54) is 12.1 Å². The molecule has 0 radical (unpaired) electrons. The summed E-state index contributed by atoms with van der Waals surface area (Å²) in [6, 6.07) is 6.53. The number of amides is 2. The molecule has 0 unspecified atom stereocenters. The Morgan fingerprint density at radius 3 is 2.49 bits per heavy atom. The van der Waals surface area contributed by atoms with Crippen LogP contribution in [0.4, 0.5) is 23.9 Å². The Balaban J connectivity index is 1.44. The third-order valence-corrected chi connectivity index (χ3v) is 6.13. The second-order valence-electron chi connectivity index (χ2n) is 9.09. The van der Waals surface area contributed by atoms with Crippen molar-refractivity contribution in [2.24, 2.45) is 5.92 Å². The van der Waals surface area contributed by atoms with E-state index in [-0.39, 0.29) is 18.1 Å². The molecule has 1 N–H and O–H groups in total. The molecule has 8 nitrogen and oxygen atoms in total. The average Bonchev–Trinajstić information content (AvgIpc) is 3.40. The molecule has 1 fully saturated rings. The van der Waals surface area contributed by atoms with Crippen LogP contribution in [0.5, 0.6) is 0 Å². The summed E-state index contributed by atoms with van der Waals surface area (Å²) in [7, 11) is 1.80. The van der Waals surface area contributed by atoms with Crippen LogP contribution in [-0.4, -0.2) is 55.0 Å². The molecule has 4 rings (SSSR count). The second kappa shape index (κ2) is 9.55. The average molecular weight is 488 g/mol. The summed E-state index contributed by atoms with van der Waals surface area (Å²) < 4.78 is 40.1. The van der Waals surface area contributed by atoms with Crippen LogP contribution >= 0.6 is 0 Å². The van der Waals surface area contributed by atoms with Crippen molar-refractivity contribution in [3.63, 3.8) is 0 Å². The minimum atomic E-state index is -4.38. The molecule has 2 atom stereocenters. The number of carbonyl (C=O) groups is 1. The van der Waals surface area contributed by atoms with Gasteiger partial charge in [0.1, 0.15) is 0 Å². The highest BCUT2D eigenvalue weighted by Crippen LogP contribution is 2.30. The first-order valence-electron chi connectivity index (χ1n) is 11.3. The Hall–Kier alpha value is -3.63. The van der Waals surface area contributed by atoms with Gasteiger partial charge in [0.2, 0.25) is 5.95 Å². The first kappa shape index (κ1) is 24.5. The van der Waals surface area contributed by atoms with Crippen LogP contribution in [0.15, 0.2) is 49.1 Å². The van der Waals surface area contributed by atoms with Gasteiger partial charge in [0.25, 0.3) is 0 Å². The van der Waals surface area contributed by atoms with Crippen molar-refractivity contribution in [3.05, 3.63) is 66.0 Å². The monoisotopic (exact) mass is 487 g/mol. The summed E-state index contributed by atoms with van der Waals surface area (Å²) in [5, 5.41) is 3.21. The number of nitrogens with zero attached hydrogens (tertiary/aromatic N) is 6. The molecule has 3 heterocycles. The minimum absolute atomic E-state index is 0.0148. The number of imidazole rings is 1. The zero-order valence-corrected chi connectivity index (χ0v) is 20.0. The number of urea groups is 1. The quantitative estimate of drug-likeness (QED) is 0.521. The van der Waals surface area contributed by atoms with Gasteiger partial charge in [-0.3, -0.25) is 0 Å². The van der Waals surface area contributed by atoms with Gasteiger partial charge in [0, 0.05) is 31.7 Å². The third-order valence-electron chi connectivity index (χ3n) is 6.13. The van der Waals surface area contributed by atoms with Crippen LogP contribution in [0.25, 0.3) is 5.69 Å². The highest BCUT2D eigenvalue weighted by atomic mass is 19.4. The molecule has 35 heavy (non-hydrogen) atoms. The number of aromatic nitrogens is 4. The van der Waals surface area contributed by atoms with Crippen LogP contribution in [0.1, 0.15) is 43.8 Å². The van der Waals surface area contributed by atoms with E-state index in [0.717, 1.165) is 17.8 Å². The van der Waals surface area contributed by atoms with Gasteiger partial charge in [0.15, 0.2) is 0 Å². The molecule has 2 amide bonds. The topological polar surface area (TPSA) is 79.2 Å². The van der Waals surface area contributed by atoms with Gasteiger partial charge in [0.05, 0.1) is 41.9 Å². The predicted octanol–water partition coefficient (Wildman–Crippen LogP) is 4.75. The number of anilines is 1. The van der Waals surface area contributed by atoms with Crippen molar-refractivity contribution in [3.8, 4) is 5.69 Å². The number of hydrogen-bond acceptors (Lipinski definition) is 5. The van der Waals surface area contributed by atoms with Gasteiger partial charge in [-0.25, -0.2) is 19.7 Å². The standard InChI is InChI=1S/C24H28F3N7O/c1-15(2)21-13-32(4)23(35)34(21)11-18-9-10-28-22(31-18)30-16(3)20-12-33(14-29-20)19-7-5-17(6-8-19)24(25,26)27/h5-10,12,14-16,21H,11,13H2,1-4H3,(H,28,30,31)/t16-,21+/m0/s1. The van der Waals surface area contributed by atoms with Crippen LogP contribution in [0, 0.1) is 5.92 Å². The Morgan fingerprint density at radius 2 is 1.83 bits per heavy atom. The van der Waals surface area contributed by atoms with Gasteiger partial charge < -0.3 is 19.7 Å². The maximum Gasteiger partial charge on any atom is 0.416 e. The molecule has 186 valence electrons. The lowest BCUT2D eigenvalue weighted by Crippen LogP contribution is -2.37. The highest BCUT2D eigenvalue weighted by Gasteiger charge is 2.37. The van der Waals surface area contributed by atoms with E-state index >= 15 is 0 Å². The van der Waals surface area contributed by atoms with Gasteiger partial charge in [-0.15, -0.1) is 0 Å². The number of carbonyl (C=O) groups excluding carboxylic acids is 1. The summed E-state index contributed by atoms with van der Waals surface area (Å²) in [5.41, 5.74) is 1.27. The molecule has 1 aromatic carbocycles. The molecule has 0 spiro atoms. The molecular formula is C24H28F3N7O. The van der Waals surface area contributed by atoms with Crippen LogP contribution in [0.2, 0.25) is 0 Å². The van der Waals surface area contributed by atoms with E-state index in [9.17, 15) is 18.0 Å². The van der Waals surface area contributed by atoms with Crippen molar-refractivity contribution in [1.29, 1.82) is 0 Å². The summed E-state index contributed by atoms with van der Waals surface area (Å²) in [6.45, 7) is 7.17. The van der Waals surface area contributed by atoms with E-state index in [2.05, 4.69) is 34.1 Å². The number of nitrogens with one attached hydrogen (secondary N) is 1. The fourth-order valence-corrected chi connectivity index (χ4v) is 4.10. The zero-order valence-electron chi connectivity index (χ0n) is 20.0. The van der Waals surface area contributed by atoms with E-state index in [1.54, 1.807) is 41.3 Å². The Labute approximate surface area is 201 Å². The van der Waals surface area contributed by atoms with Crippen molar-refractivity contribution in [2.75, 3.05) is 18.9 Å². The fourth-order valence-electron chi connectivity index (χ4n) is 4.10. The molecule has 3 aromatic rings. The molecule has 2 aromatic heterocycles. The smallest absolute Gasteiger partial charge is 0.346 e. The maximum atomic E-state index is 12.8. The number of alkyl halides is 3. The number of likely N-dealkylation sites (N-methyl/N-ethyl adjacent to an activating group) is 1. The van der Waals surface area contributed by atoms with Crippen molar-refractivity contribution in [1.82, 2.24) is 29.3 Å². The molecule has 0 saturated carbocycles. The van der Waals surface area contributed by atoms with Gasteiger partial charge in [-0.2, -0.15) is 13.2 Å². The first-order valence-corrected chi connectivity index (χ1v) is 11.3. The second-order valence-corrected chi connectivity index (χ2v) is 9.09. The number of hydrogen-bond donors (Lipinski definition) is 1. The Morgan fingerprint density at radius 1 is 1.11 bits per heavy atom. The van der Waals surface area contributed by atoms with Gasteiger partial charge in [-0.1, -0.05) is 13.8 Å². The molecular weight excluding hydrogens is 459 g/mol. The first-order chi connectivity index (χ1) is 16.5. The maximum absolute atomic E-state index is 12.8. The van der Waals surface area contributed by atoms with Gasteiger partial charge >= 0.3 is 12.2 Å². The van der Waals surface area contributed by atoms with E-state index in [0.29, 0.717) is 36.3 Å². The molecule has 0 bridgehead atoms. The molecule has 0 aliphatic carbocycles. The lowest BCUT2D eigenvalue weighted by Gasteiger charge is -2.25. The summed E-state index contributed by atoms with van der Waals surface area (Å²) in [4.78, 5) is 29.4. The number of halogens is 3. The van der Waals surface area contributed by atoms with E-state index < -0.39 is 11.7 Å². The van der Waals surface area contributed by atoms with Crippen LogP contribution in [-0.2, 0) is 12.7 Å². The van der Waals surface area contributed by atoms with Crippen molar-refractivity contribution >= 4 is 12.0 Å². The van der Waals surface area contributed by atoms with E-state index in [4.69, 9.17) is 0 Å². The zero-order chi connectivity index (χ0) is 25.3. The summed E-state index contributed by atoms with van der Waals surface area (Å²) >= 11 is 0. The number of rotatable bonds is 7. The lowest BCUT2D eigenvalue weighted by atomic mass is 10.0. The Kier molecular flexibility index (Phi) is 6.68. The molecule has 1 aliphatic rings. The minimum Gasteiger partial charge on any atom is -0.346 e. The largest absolute Gasteiger partial charge is 0.416 e. The molecule has 1 saturated heterocycles. The summed E-state index contributed by atoms with van der Waals surface area (Å²) in [5.74, 6) is 0.725. The van der Waals surface area contributed by atoms with Crippen molar-refractivity contribution < 1.29 is 18.0 Å². The van der Waals surface area contributed by atoms with Crippen LogP contribution in [0.3, 0.4) is 0 Å². The molecule has 11 heteroatoms. The Bertz CT molecular complexity index is 1180. The fraction of sp³-hybridized carbons (Fsp3) is 0.417. The van der Waals surface area contributed by atoms with Crippen molar-refractivity contribution in [2.45, 2.75) is 45.6 Å². The highest BCUT2D eigenvalue weighted by molar-refractivity contribution is 5.76. The molecule has 1 aliphatic heterocycles. The normalized spacial score (nSPS) is 17.4.